The van der Waals surface area contributed by atoms with Crippen LogP contribution in [0, 0.1) is 0 Å². The van der Waals surface area contributed by atoms with Crippen LogP contribution >= 0.6 is 11.8 Å². The van der Waals surface area contributed by atoms with E-state index >= 15 is 0 Å². The molecule has 132 valence electrons. The number of rotatable bonds is 4. The van der Waals surface area contributed by atoms with E-state index in [1.54, 1.807) is 0 Å². The molecule has 0 aliphatic carbocycles. The van der Waals surface area contributed by atoms with Crippen LogP contribution in [-0.4, -0.2) is 21.5 Å². The SMILES string of the molecule is FC(F)(F)Oc1ccc(Sc2nnc(-c3cc4ccccc4[nH]3)o2)cc1. The van der Waals surface area contributed by atoms with Gasteiger partial charge < -0.3 is 14.1 Å². The first-order valence-corrected chi connectivity index (χ1v) is 8.23. The monoisotopic (exact) mass is 377 g/mol. The van der Waals surface area contributed by atoms with E-state index in [0.717, 1.165) is 22.7 Å². The summed E-state index contributed by atoms with van der Waals surface area (Å²) >= 11 is 1.15. The number of nitrogens with zero attached hydrogens (tertiary/aromatic N) is 2. The lowest BCUT2D eigenvalue weighted by molar-refractivity contribution is -0.274. The second-order valence-corrected chi connectivity index (χ2v) is 6.29. The van der Waals surface area contributed by atoms with E-state index in [4.69, 9.17) is 4.42 Å². The Labute approximate surface area is 149 Å². The quantitative estimate of drug-likeness (QED) is 0.525. The minimum absolute atomic E-state index is 0.281. The lowest BCUT2D eigenvalue weighted by Crippen LogP contribution is -2.16. The first-order valence-electron chi connectivity index (χ1n) is 7.41. The number of hydrogen-bond donors (Lipinski definition) is 1. The number of nitrogens with one attached hydrogen (secondary N) is 1. The highest BCUT2D eigenvalue weighted by atomic mass is 32.2. The van der Waals surface area contributed by atoms with Crippen molar-refractivity contribution in [2.24, 2.45) is 0 Å². The highest BCUT2D eigenvalue weighted by molar-refractivity contribution is 7.99. The van der Waals surface area contributed by atoms with Gasteiger partial charge >= 0.3 is 6.36 Å². The molecule has 2 heterocycles. The van der Waals surface area contributed by atoms with E-state index in [0.29, 0.717) is 16.5 Å². The minimum atomic E-state index is -4.71. The highest BCUT2D eigenvalue weighted by Crippen LogP contribution is 2.32. The molecule has 0 bridgehead atoms. The summed E-state index contributed by atoms with van der Waals surface area (Å²) in [6.45, 7) is 0. The van der Waals surface area contributed by atoms with Crippen LogP contribution in [0.3, 0.4) is 0 Å². The summed E-state index contributed by atoms with van der Waals surface area (Å²) in [5.41, 5.74) is 1.65. The van der Waals surface area contributed by atoms with Gasteiger partial charge in [0, 0.05) is 15.8 Å². The van der Waals surface area contributed by atoms with Crippen LogP contribution in [0.2, 0.25) is 0 Å². The van der Waals surface area contributed by atoms with Crippen molar-refractivity contribution in [3.8, 4) is 17.3 Å². The number of para-hydroxylation sites is 1. The Morgan fingerprint density at radius 2 is 1.77 bits per heavy atom. The molecule has 4 rings (SSSR count). The Bertz CT molecular complexity index is 1010. The van der Waals surface area contributed by atoms with Gasteiger partial charge in [0.05, 0.1) is 0 Å². The predicted octanol–water partition coefficient (Wildman–Crippen LogP) is 5.27. The van der Waals surface area contributed by atoms with E-state index < -0.39 is 6.36 Å². The number of alkyl halides is 3. The van der Waals surface area contributed by atoms with Gasteiger partial charge in [-0.1, -0.05) is 18.2 Å². The van der Waals surface area contributed by atoms with Crippen LogP contribution in [-0.2, 0) is 0 Å². The topological polar surface area (TPSA) is 63.9 Å². The molecule has 0 saturated heterocycles. The Hall–Kier alpha value is -2.94. The molecule has 0 amide bonds. The van der Waals surface area contributed by atoms with Gasteiger partial charge in [0.1, 0.15) is 11.4 Å². The van der Waals surface area contributed by atoms with E-state index in [-0.39, 0.29) is 11.0 Å². The van der Waals surface area contributed by atoms with Crippen molar-refractivity contribution >= 4 is 22.7 Å². The van der Waals surface area contributed by atoms with E-state index in [9.17, 15) is 13.2 Å². The molecule has 0 spiro atoms. The zero-order valence-corrected chi connectivity index (χ0v) is 13.8. The molecule has 0 atom stereocenters. The maximum atomic E-state index is 12.2. The molecular formula is C17H10F3N3O2S. The van der Waals surface area contributed by atoms with Gasteiger partial charge in [0.2, 0.25) is 0 Å². The van der Waals surface area contributed by atoms with Crippen LogP contribution in [0.4, 0.5) is 13.2 Å². The van der Waals surface area contributed by atoms with Gasteiger partial charge in [-0.25, -0.2) is 0 Å². The van der Waals surface area contributed by atoms with E-state index in [1.807, 2.05) is 30.3 Å². The summed E-state index contributed by atoms with van der Waals surface area (Å²) in [6.07, 6.45) is -4.71. The number of hydrogen-bond acceptors (Lipinski definition) is 5. The van der Waals surface area contributed by atoms with Gasteiger partial charge in [0.25, 0.3) is 11.1 Å². The molecule has 0 aliphatic heterocycles. The molecule has 4 aromatic rings. The smallest absolute Gasteiger partial charge is 0.409 e. The van der Waals surface area contributed by atoms with Crippen molar-refractivity contribution in [2.75, 3.05) is 0 Å². The Kier molecular flexibility index (Phi) is 4.08. The summed E-state index contributed by atoms with van der Waals surface area (Å²) in [7, 11) is 0. The fourth-order valence-electron chi connectivity index (χ4n) is 2.36. The van der Waals surface area contributed by atoms with Crippen LogP contribution in [0.25, 0.3) is 22.5 Å². The predicted molar refractivity (Wildman–Crippen MR) is 88.8 cm³/mol. The molecule has 0 radical (unpaired) electrons. The molecule has 0 saturated carbocycles. The molecule has 9 heteroatoms. The van der Waals surface area contributed by atoms with E-state index in [2.05, 4.69) is 19.9 Å². The summed E-state index contributed by atoms with van der Waals surface area (Å²) in [5, 5.41) is 9.26. The van der Waals surface area contributed by atoms with Gasteiger partial charge in [-0.3, -0.25) is 0 Å². The molecular weight excluding hydrogens is 367 g/mol. The number of benzene rings is 2. The van der Waals surface area contributed by atoms with Crippen molar-refractivity contribution in [1.29, 1.82) is 0 Å². The largest absolute Gasteiger partial charge is 0.573 e. The van der Waals surface area contributed by atoms with Crippen molar-refractivity contribution in [3.63, 3.8) is 0 Å². The number of aromatic amines is 1. The zero-order valence-electron chi connectivity index (χ0n) is 12.9. The number of fused-ring (bicyclic) bond motifs is 1. The maximum Gasteiger partial charge on any atom is 0.573 e. The van der Waals surface area contributed by atoms with Crippen LogP contribution < -0.4 is 4.74 Å². The fourth-order valence-corrected chi connectivity index (χ4v) is 3.03. The second kappa shape index (κ2) is 6.41. The summed E-state index contributed by atoms with van der Waals surface area (Å²) in [5.74, 6) is 0.0480. The molecule has 2 aromatic heterocycles. The molecule has 2 aromatic carbocycles. The standard InChI is InChI=1S/C17H10F3N3O2S/c18-17(19,20)25-11-5-7-12(8-6-11)26-16-23-22-15(24-16)14-9-10-3-1-2-4-13(10)21-14/h1-9,21H. The molecule has 0 aliphatic rings. The first kappa shape index (κ1) is 16.5. The van der Waals surface area contributed by atoms with Crippen molar-refractivity contribution in [1.82, 2.24) is 15.2 Å². The number of aromatic nitrogens is 3. The zero-order chi connectivity index (χ0) is 18.1. The van der Waals surface area contributed by atoms with Crippen LogP contribution in [0.5, 0.6) is 5.75 Å². The fraction of sp³-hybridized carbons (Fsp3) is 0.0588. The third-order valence-corrected chi connectivity index (χ3v) is 4.28. The molecule has 26 heavy (non-hydrogen) atoms. The summed E-state index contributed by atoms with van der Waals surface area (Å²) < 4.78 is 45.9. The summed E-state index contributed by atoms with van der Waals surface area (Å²) in [4.78, 5) is 3.83. The lowest BCUT2D eigenvalue weighted by Gasteiger charge is -2.08. The van der Waals surface area contributed by atoms with Gasteiger partial charge in [-0.05, 0) is 48.2 Å². The van der Waals surface area contributed by atoms with Gasteiger partial charge in [-0.2, -0.15) is 0 Å². The number of ether oxygens (including phenoxy) is 1. The van der Waals surface area contributed by atoms with Gasteiger partial charge in [0.15, 0.2) is 0 Å². The summed E-state index contributed by atoms with van der Waals surface area (Å²) in [6, 6.07) is 15.1. The van der Waals surface area contributed by atoms with Crippen LogP contribution in [0.15, 0.2) is 69.1 Å². The number of H-pyrrole nitrogens is 1. The Morgan fingerprint density at radius 3 is 2.50 bits per heavy atom. The molecule has 1 N–H and O–H groups in total. The molecule has 0 fully saturated rings. The average Bonchev–Trinajstić information content (AvgIpc) is 3.21. The Balaban J connectivity index is 1.49. The first-order chi connectivity index (χ1) is 12.5. The maximum absolute atomic E-state index is 12.2. The van der Waals surface area contributed by atoms with Gasteiger partial charge in [-0.15, -0.1) is 23.4 Å². The van der Waals surface area contributed by atoms with Crippen molar-refractivity contribution < 1.29 is 22.3 Å². The molecule has 5 nitrogen and oxygen atoms in total. The average molecular weight is 377 g/mol. The second-order valence-electron chi connectivity index (χ2n) is 5.26. The Morgan fingerprint density at radius 1 is 1.00 bits per heavy atom. The highest BCUT2D eigenvalue weighted by Gasteiger charge is 2.31. The third-order valence-electron chi connectivity index (χ3n) is 3.43. The molecule has 0 unspecified atom stereocenters. The van der Waals surface area contributed by atoms with E-state index in [1.165, 1.54) is 24.3 Å². The lowest BCUT2D eigenvalue weighted by atomic mass is 10.2. The minimum Gasteiger partial charge on any atom is -0.409 e. The number of halogens is 3. The third kappa shape index (κ3) is 3.67. The normalized spacial score (nSPS) is 11.8. The van der Waals surface area contributed by atoms with Crippen LogP contribution in [0.1, 0.15) is 0 Å². The van der Waals surface area contributed by atoms with Crippen molar-refractivity contribution in [2.45, 2.75) is 16.5 Å². The van der Waals surface area contributed by atoms with Crippen molar-refractivity contribution in [3.05, 3.63) is 54.6 Å².